The Labute approximate surface area is 96.3 Å². The zero-order valence-corrected chi connectivity index (χ0v) is 9.90. The highest BCUT2D eigenvalue weighted by atomic mass is 16.2. The van der Waals surface area contributed by atoms with E-state index in [1.54, 1.807) is 11.9 Å². The highest BCUT2D eigenvalue weighted by Crippen LogP contribution is 2.20. The highest BCUT2D eigenvalue weighted by molar-refractivity contribution is 5.96. The molecule has 0 aliphatic heterocycles. The molecule has 1 unspecified atom stereocenters. The summed E-state index contributed by atoms with van der Waals surface area (Å²) in [6.07, 6.45) is 0.547. The van der Waals surface area contributed by atoms with Gasteiger partial charge in [0, 0.05) is 12.7 Å². The van der Waals surface area contributed by atoms with Gasteiger partial charge in [-0.2, -0.15) is 5.26 Å². The minimum atomic E-state index is -0.551. The van der Waals surface area contributed by atoms with Crippen LogP contribution in [0.1, 0.15) is 18.9 Å². The Balaban J connectivity index is 2.95. The van der Waals surface area contributed by atoms with E-state index in [1.165, 1.54) is 0 Å². The highest BCUT2D eigenvalue weighted by Gasteiger charge is 2.21. The van der Waals surface area contributed by atoms with Crippen LogP contribution >= 0.6 is 0 Å². The molecule has 1 atom stereocenters. The van der Waals surface area contributed by atoms with Crippen LogP contribution in [-0.4, -0.2) is 13.0 Å². The second-order valence-electron chi connectivity index (χ2n) is 3.77. The topological polar surface area (TPSA) is 44.1 Å². The van der Waals surface area contributed by atoms with E-state index >= 15 is 0 Å². The fourth-order valence-corrected chi connectivity index (χ4v) is 1.61. The maximum absolute atomic E-state index is 12.0. The number of anilines is 1. The molecular weight excluding hydrogens is 200 g/mol. The van der Waals surface area contributed by atoms with Crippen molar-refractivity contribution in [3.63, 3.8) is 0 Å². The maximum Gasteiger partial charge on any atom is 0.244 e. The van der Waals surface area contributed by atoms with Crippen LogP contribution in [0.2, 0.25) is 0 Å². The van der Waals surface area contributed by atoms with Gasteiger partial charge in [0.1, 0.15) is 5.92 Å². The number of nitrogens with zero attached hydrogens (tertiary/aromatic N) is 2. The van der Waals surface area contributed by atoms with Crippen molar-refractivity contribution < 1.29 is 4.79 Å². The predicted octanol–water partition coefficient (Wildman–Crippen LogP) is 2.51. The maximum atomic E-state index is 12.0. The Morgan fingerprint density at radius 3 is 2.62 bits per heavy atom. The molecule has 1 aromatic rings. The Bertz CT molecular complexity index is 420. The molecule has 0 aromatic heterocycles. The van der Waals surface area contributed by atoms with Crippen LogP contribution in [0.4, 0.5) is 5.69 Å². The number of benzene rings is 1. The Hall–Kier alpha value is -1.82. The summed E-state index contributed by atoms with van der Waals surface area (Å²) < 4.78 is 0. The van der Waals surface area contributed by atoms with E-state index in [2.05, 4.69) is 0 Å². The quantitative estimate of drug-likeness (QED) is 0.779. The van der Waals surface area contributed by atoms with E-state index in [1.807, 2.05) is 44.2 Å². The average molecular weight is 216 g/mol. The number of para-hydroxylation sites is 1. The fourth-order valence-electron chi connectivity index (χ4n) is 1.61. The van der Waals surface area contributed by atoms with Gasteiger partial charge in [-0.25, -0.2) is 0 Å². The molecule has 0 aliphatic carbocycles. The smallest absolute Gasteiger partial charge is 0.244 e. The van der Waals surface area contributed by atoms with E-state index < -0.39 is 5.92 Å². The van der Waals surface area contributed by atoms with Crippen LogP contribution < -0.4 is 4.90 Å². The van der Waals surface area contributed by atoms with Crippen LogP contribution in [0.15, 0.2) is 24.3 Å². The van der Waals surface area contributed by atoms with Gasteiger partial charge in [0.2, 0.25) is 5.91 Å². The Morgan fingerprint density at radius 1 is 1.50 bits per heavy atom. The fraction of sp³-hybridized carbons (Fsp3) is 0.385. The number of nitriles is 1. The number of rotatable bonds is 3. The van der Waals surface area contributed by atoms with Crippen molar-refractivity contribution in [1.82, 2.24) is 0 Å². The summed E-state index contributed by atoms with van der Waals surface area (Å²) in [5.41, 5.74) is 1.90. The number of hydrogen-bond acceptors (Lipinski definition) is 2. The molecule has 16 heavy (non-hydrogen) atoms. The van der Waals surface area contributed by atoms with Gasteiger partial charge < -0.3 is 4.90 Å². The van der Waals surface area contributed by atoms with Crippen LogP contribution in [-0.2, 0) is 4.79 Å². The van der Waals surface area contributed by atoms with Crippen LogP contribution in [0.25, 0.3) is 0 Å². The van der Waals surface area contributed by atoms with E-state index in [4.69, 9.17) is 5.26 Å². The van der Waals surface area contributed by atoms with Crippen LogP contribution in [0.3, 0.4) is 0 Å². The monoisotopic (exact) mass is 216 g/mol. The van der Waals surface area contributed by atoms with E-state index in [9.17, 15) is 4.79 Å². The molecule has 0 N–H and O–H groups in total. The molecule has 0 saturated heterocycles. The zero-order valence-electron chi connectivity index (χ0n) is 9.90. The van der Waals surface area contributed by atoms with Gasteiger partial charge in [-0.3, -0.25) is 4.79 Å². The minimum absolute atomic E-state index is 0.140. The number of aryl methyl sites for hydroxylation is 1. The standard InChI is InChI=1S/C13H16N2O/c1-4-11(9-14)13(16)15(3)12-8-6-5-7-10(12)2/h5-8,11H,4H2,1-3H3. The van der Waals surface area contributed by atoms with Crippen molar-refractivity contribution >= 4 is 11.6 Å². The summed E-state index contributed by atoms with van der Waals surface area (Å²) in [6, 6.07) is 9.69. The van der Waals surface area contributed by atoms with E-state index in [0.29, 0.717) is 6.42 Å². The number of carbonyl (C=O) groups is 1. The second-order valence-corrected chi connectivity index (χ2v) is 3.77. The summed E-state index contributed by atoms with van der Waals surface area (Å²) in [5, 5.41) is 8.86. The van der Waals surface area contributed by atoms with Crippen LogP contribution in [0, 0.1) is 24.2 Å². The van der Waals surface area contributed by atoms with Crippen molar-refractivity contribution in [2.45, 2.75) is 20.3 Å². The molecular formula is C13H16N2O. The van der Waals surface area contributed by atoms with Crippen molar-refractivity contribution in [1.29, 1.82) is 5.26 Å². The normalized spacial score (nSPS) is 11.6. The van der Waals surface area contributed by atoms with Gasteiger partial charge >= 0.3 is 0 Å². The SMILES string of the molecule is CCC(C#N)C(=O)N(C)c1ccccc1C. The summed E-state index contributed by atoms with van der Waals surface area (Å²) in [5.74, 6) is -0.691. The van der Waals surface area contributed by atoms with Crippen molar-refractivity contribution in [3.05, 3.63) is 29.8 Å². The molecule has 0 aliphatic rings. The molecule has 84 valence electrons. The molecule has 0 saturated carbocycles. The van der Waals surface area contributed by atoms with Gasteiger partial charge in [0.15, 0.2) is 0 Å². The summed E-state index contributed by atoms with van der Waals surface area (Å²) in [6.45, 7) is 3.80. The molecule has 3 heteroatoms. The molecule has 0 radical (unpaired) electrons. The first-order valence-electron chi connectivity index (χ1n) is 5.34. The number of amides is 1. The summed E-state index contributed by atoms with van der Waals surface area (Å²) >= 11 is 0. The molecule has 0 fully saturated rings. The zero-order chi connectivity index (χ0) is 12.1. The molecule has 1 rings (SSSR count). The first-order valence-corrected chi connectivity index (χ1v) is 5.34. The third-order valence-corrected chi connectivity index (χ3v) is 2.67. The average Bonchev–Trinajstić information content (AvgIpc) is 2.30. The largest absolute Gasteiger partial charge is 0.314 e. The van der Waals surface area contributed by atoms with Gasteiger partial charge in [0.25, 0.3) is 0 Å². The van der Waals surface area contributed by atoms with E-state index in [0.717, 1.165) is 11.3 Å². The van der Waals surface area contributed by atoms with Crippen LogP contribution in [0.5, 0.6) is 0 Å². The van der Waals surface area contributed by atoms with Gasteiger partial charge in [-0.1, -0.05) is 25.1 Å². The molecule has 0 spiro atoms. The van der Waals surface area contributed by atoms with E-state index in [-0.39, 0.29) is 5.91 Å². The Morgan fingerprint density at radius 2 is 2.12 bits per heavy atom. The van der Waals surface area contributed by atoms with Gasteiger partial charge in [-0.15, -0.1) is 0 Å². The Kier molecular flexibility index (Phi) is 4.07. The lowest BCUT2D eigenvalue weighted by Crippen LogP contribution is -2.32. The molecule has 1 aromatic carbocycles. The first-order chi connectivity index (χ1) is 7.61. The second kappa shape index (κ2) is 5.32. The lowest BCUT2D eigenvalue weighted by Gasteiger charge is -2.21. The van der Waals surface area contributed by atoms with Gasteiger partial charge in [0.05, 0.1) is 6.07 Å². The minimum Gasteiger partial charge on any atom is -0.314 e. The molecule has 1 amide bonds. The third-order valence-electron chi connectivity index (χ3n) is 2.67. The number of carbonyl (C=O) groups excluding carboxylic acids is 1. The molecule has 0 bridgehead atoms. The number of hydrogen-bond donors (Lipinski definition) is 0. The van der Waals surface area contributed by atoms with Crippen molar-refractivity contribution in [2.24, 2.45) is 5.92 Å². The van der Waals surface area contributed by atoms with Crippen molar-refractivity contribution in [3.8, 4) is 6.07 Å². The molecule has 0 heterocycles. The van der Waals surface area contributed by atoms with Crippen molar-refractivity contribution in [2.75, 3.05) is 11.9 Å². The summed E-state index contributed by atoms with van der Waals surface area (Å²) in [7, 11) is 1.71. The predicted molar refractivity (Wildman–Crippen MR) is 64.0 cm³/mol. The third kappa shape index (κ3) is 2.40. The summed E-state index contributed by atoms with van der Waals surface area (Å²) in [4.78, 5) is 13.5. The van der Waals surface area contributed by atoms with Gasteiger partial charge in [-0.05, 0) is 25.0 Å². The first kappa shape index (κ1) is 12.3. The lowest BCUT2D eigenvalue weighted by molar-refractivity contribution is -0.120. The lowest BCUT2D eigenvalue weighted by atomic mass is 10.1. The molecule has 3 nitrogen and oxygen atoms in total.